The van der Waals surface area contributed by atoms with Crippen molar-refractivity contribution in [1.29, 1.82) is 0 Å². The number of carbonyl (C=O) groups is 2. The van der Waals surface area contributed by atoms with E-state index in [0.29, 0.717) is 0 Å². The third-order valence-electron chi connectivity index (χ3n) is 2.28. The number of rotatable bonds is 4. The molecule has 22 heavy (non-hydrogen) atoms. The second-order valence-electron chi connectivity index (χ2n) is 5.23. The Hall–Kier alpha value is -1.52. The summed E-state index contributed by atoms with van der Waals surface area (Å²) in [6.07, 6.45) is -12.6. The quantitative estimate of drug-likeness (QED) is 0.481. The molecule has 0 bridgehead atoms. The predicted molar refractivity (Wildman–Crippen MR) is 58.4 cm³/mol. The second-order valence-corrected chi connectivity index (χ2v) is 5.23. The Morgan fingerprint density at radius 1 is 0.818 bits per heavy atom. The molecule has 0 heterocycles. The van der Waals surface area contributed by atoms with Gasteiger partial charge in [-0.25, -0.2) is 4.79 Å². The summed E-state index contributed by atoms with van der Waals surface area (Å²) in [4.78, 5) is 22.2. The van der Waals surface area contributed by atoms with Gasteiger partial charge in [-0.1, -0.05) is 0 Å². The summed E-state index contributed by atoms with van der Waals surface area (Å²) < 4.78 is 81.9. The Balaban J connectivity index is 4.74. The van der Waals surface area contributed by atoms with Crippen LogP contribution in [0.15, 0.2) is 0 Å². The standard InChI is InChI=1S/C11H14F6O5/c1-8(2,3)6(18)21-4-5-22-7(19)9(20,10(12,13)14)11(15,16)17/h20H,4-5H2,1-3H3. The van der Waals surface area contributed by atoms with Gasteiger partial charge in [-0.3, -0.25) is 4.79 Å². The highest BCUT2D eigenvalue weighted by Crippen LogP contribution is 2.43. The van der Waals surface area contributed by atoms with Gasteiger partial charge >= 0.3 is 29.9 Å². The summed E-state index contributed by atoms with van der Waals surface area (Å²) in [5.41, 5.74) is -6.60. The summed E-state index contributed by atoms with van der Waals surface area (Å²) in [5.74, 6) is -3.75. The minimum absolute atomic E-state index is 0.756. The Morgan fingerprint density at radius 3 is 1.41 bits per heavy atom. The van der Waals surface area contributed by atoms with Gasteiger partial charge in [0.25, 0.3) is 0 Å². The van der Waals surface area contributed by atoms with Crippen molar-refractivity contribution in [2.24, 2.45) is 5.41 Å². The fraction of sp³-hybridized carbons (Fsp3) is 0.818. The Bertz CT molecular complexity index is 406. The summed E-state index contributed by atoms with van der Waals surface area (Å²) in [7, 11) is 0. The number of hydrogen-bond donors (Lipinski definition) is 1. The van der Waals surface area contributed by atoms with Crippen molar-refractivity contribution in [2.45, 2.75) is 38.7 Å². The van der Waals surface area contributed by atoms with Gasteiger partial charge in [0.15, 0.2) is 0 Å². The van der Waals surface area contributed by atoms with E-state index >= 15 is 0 Å². The zero-order valence-electron chi connectivity index (χ0n) is 11.8. The normalized spacial score (nSPS) is 13.7. The van der Waals surface area contributed by atoms with E-state index in [-0.39, 0.29) is 0 Å². The molecular formula is C11H14F6O5. The summed E-state index contributed by atoms with van der Waals surface area (Å²) >= 11 is 0. The fourth-order valence-electron chi connectivity index (χ4n) is 0.982. The van der Waals surface area contributed by atoms with Gasteiger partial charge in [-0.2, -0.15) is 26.3 Å². The predicted octanol–water partition coefficient (Wildman–Crippen LogP) is 1.97. The van der Waals surface area contributed by atoms with Crippen LogP contribution in [0.25, 0.3) is 0 Å². The Kier molecular flexibility index (Phi) is 5.87. The molecule has 0 saturated heterocycles. The SMILES string of the molecule is CC(C)(C)C(=O)OCCOC(=O)C(O)(C(F)(F)F)C(F)(F)F. The largest absolute Gasteiger partial charge is 0.462 e. The Morgan fingerprint density at radius 2 is 1.14 bits per heavy atom. The van der Waals surface area contributed by atoms with Crippen LogP contribution >= 0.6 is 0 Å². The van der Waals surface area contributed by atoms with Crippen LogP contribution in [0.1, 0.15) is 20.8 Å². The van der Waals surface area contributed by atoms with Crippen molar-refractivity contribution in [1.82, 2.24) is 0 Å². The van der Waals surface area contributed by atoms with Gasteiger partial charge in [0.05, 0.1) is 5.41 Å². The van der Waals surface area contributed by atoms with Crippen LogP contribution in [-0.2, 0) is 19.1 Å². The van der Waals surface area contributed by atoms with Crippen LogP contribution in [0.5, 0.6) is 0 Å². The van der Waals surface area contributed by atoms with Gasteiger partial charge in [0.1, 0.15) is 13.2 Å². The zero-order valence-corrected chi connectivity index (χ0v) is 11.8. The molecule has 0 atom stereocenters. The topological polar surface area (TPSA) is 72.8 Å². The van der Waals surface area contributed by atoms with Crippen molar-refractivity contribution in [3.05, 3.63) is 0 Å². The molecule has 5 nitrogen and oxygen atoms in total. The van der Waals surface area contributed by atoms with Crippen LogP contribution < -0.4 is 0 Å². The number of alkyl halides is 6. The first-order chi connectivity index (χ1) is 9.55. The fourth-order valence-corrected chi connectivity index (χ4v) is 0.982. The third kappa shape index (κ3) is 4.49. The maximum atomic E-state index is 12.3. The van der Waals surface area contributed by atoms with E-state index in [1.807, 2.05) is 0 Å². The van der Waals surface area contributed by atoms with E-state index in [4.69, 9.17) is 5.11 Å². The van der Waals surface area contributed by atoms with Gasteiger partial charge in [-0.15, -0.1) is 0 Å². The lowest BCUT2D eigenvalue weighted by Crippen LogP contribution is -2.63. The first kappa shape index (κ1) is 20.5. The van der Waals surface area contributed by atoms with E-state index in [1.54, 1.807) is 0 Å². The van der Waals surface area contributed by atoms with Crippen LogP contribution in [-0.4, -0.2) is 48.2 Å². The number of aliphatic hydroxyl groups is 1. The lowest BCUT2D eigenvalue weighted by atomic mass is 9.97. The zero-order chi connectivity index (χ0) is 18.0. The minimum atomic E-state index is -6.32. The van der Waals surface area contributed by atoms with Crippen LogP contribution in [0.3, 0.4) is 0 Å². The summed E-state index contributed by atoms with van der Waals surface area (Å²) in [5, 5.41) is 8.66. The molecule has 0 unspecified atom stereocenters. The van der Waals surface area contributed by atoms with E-state index in [0.717, 1.165) is 0 Å². The van der Waals surface area contributed by atoms with Gasteiger partial charge < -0.3 is 14.6 Å². The van der Waals surface area contributed by atoms with E-state index in [1.165, 1.54) is 20.8 Å². The van der Waals surface area contributed by atoms with E-state index in [9.17, 15) is 35.9 Å². The van der Waals surface area contributed by atoms with Crippen LogP contribution in [0.2, 0.25) is 0 Å². The van der Waals surface area contributed by atoms with E-state index in [2.05, 4.69) is 9.47 Å². The molecular weight excluding hydrogens is 326 g/mol. The van der Waals surface area contributed by atoms with Gasteiger partial charge in [0.2, 0.25) is 0 Å². The highest BCUT2D eigenvalue weighted by atomic mass is 19.4. The molecule has 1 N–H and O–H groups in total. The van der Waals surface area contributed by atoms with Crippen LogP contribution in [0, 0.1) is 5.41 Å². The van der Waals surface area contributed by atoms with E-state index < -0.39 is 48.5 Å². The first-order valence-corrected chi connectivity index (χ1v) is 5.75. The first-order valence-electron chi connectivity index (χ1n) is 5.75. The van der Waals surface area contributed by atoms with Crippen LogP contribution in [0.4, 0.5) is 26.3 Å². The highest BCUT2D eigenvalue weighted by Gasteiger charge is 2.76. The molecule has 0 fully saturated rings. The molecule has 130 valence electrons. The van der Waals surface area contributed by atoms with Crippen molar-refractivity contribution < 1.29 is 50.5 Å². The number of ether oxygens (including phenoxy) is 2. The molecule has 0 aromatic rings. The van der Waals surface area contributed by atoms with Crippen molar-refractivity contribution in [3.8, 4) is 0 Å². The molecule has 0 saturated carbocycles. The van der Waals surface area contributed by atoms with Gasteiger partial charge in [0, 0.05) is 0 Å². The molecule has 0 amide bonds. The molecule has 0 aliphatic heterocycles. The molecule has 0 radical (unpaired) electrons. The average Bonchev–Trinajstić information content (AvgIpc) is 2.28. The Labute approximate surface area is 121 Å². The lowest BCUT2D eigenvalue weighted by Gasteiger charge is -2.29. The molecule has 0 aliphatic carbocycles. The number of esters is 2. The summed E-state index contributed by atoms with van der Waals surface area (Å²) in [6, 6.07) is 0. The second kappa shape index (κ2) is 6.31. The third-order valence-corrected chi connectivity index (χ3v) is 2.28. The molecule has 0 rings (SSSR count). The summed E-state index contributed by atoms with van der Waals surface area (Å²) in [6.45, 7) is 2.52. The smallest absolute Gasteiger partial charge is 0.437 e. The van der Waals surface area contributed by atoms with Crippen molar-refractivity contribution >= 4 is 11.9 Å². The number of carbonyl (C=O) groups excluding carboxylic acids is 2. The highest BCUT2D eigenvalue weighted by molar-refractivity contribution is 5.81. The minimum Gasteiger partial charge on any atom is -0.462 e. The lowest BCUT2D eigenvalue weighted by molar-refractivity contribution is -0.357. The van der Waals surface area contributed by atoms with Crippen molar-refractivity contribution in [3.63, 3.8) is 0 Å². The maximum Gasteiger partial charge on any atom is 0.437 e. The van der Waals surface area contributed by atoms with Crippen molar-refractivity contribution in [2.75, 3.05) is 13.2 Å². The monoisotopic (exact) mass is 340 g/mol. The molecule has 0 aromatic heterocycles. The van der Waals surface area contributed by atoms with Gasteiger partial charge in [-0.05, 0) is 20.8 Å². The molecule has 0 spiro atoms. The molecule has 0 aromatic carbocycles. The molecule has 11 heteroatoms. The number of halogens is 6. The molecule has 0 aliphatic rings. The maximum absolute atomic E-state index is 12.3. The average molecular weight is 340 g/mol. The number of hydrogen-bond acceptors (Lipinski definition) is 5.